The van der Waals surface area contributed by atoms with Crippen molar-refractivity contribution in [3.05, 3.63) is 95.3 Å². The van der Waals surface area contributed by atoms with Gasteiger partial charge in [-0.25, -0.2) is 4.79 Å². The molecule has 0 bridgehead atoms. The predicted octanol–water partition coefficient (Wildman–Crippen LogP) is 4.13. The largest absolute Gasteiger partial charge is 0.477 e. The number of nitrogens with zero attached hydrogens (tertiary/aromatic N) is 1. The van der Waals surface area contributed by atoms with E-state index in [2.05, 4.69) is 0 Å². The van der Waals surface area contributed by atoms with E-state index in [9.17, 15) is 9.90 Å². The zero-order valence-corrected chi connectivity index (χ0v) is 12.3. The maximum absolute atomic E-state index is 11.6. The number of rotatable bonds is 4. The normalized spacial score (nSPS) is 10.8. The maximum Gasteiger partial charge on any atom is 0.352 e. The summed E-state index contributed by atoms with van der Waals surface area (Å²) in [6.07, 6.45) is 0. The molecule has 3 heteroatoms. The second kappa shape index (κ2) is 5.90. The number of aromatic nitrogens is 1. The molecule has 22 heavy (non-hydrogen) atoms. The van der Waals surface area contributed by atoms with E-state index in [1.54, 1.807) is 6.07 Å². The lowest BCUT2D eigenvalue weighted by Crippen LogP contribution is -2.18. The molecule has 0 aliphatic carbocycles. The number of hydrogen-bond donors (Lipinski definition) is 1. The highest BCUT2D eigenvalue weighted by Gasteiger charge is 2.22. The first-order chi connectivity index (χ1) is 10.7. The Bertz CT molecular complexity index is 736. The molecule has 3 aromatic rings. The Balaban J connectivity index is 2.24. The van der Waals surface area contributed by atoms with Crippen molar-refractivity contribution in [2.24, 2.45) is 0 Å². The molecule has 0 aliphatic rings. The third-order valence-corrected chi connectivity index (χ3v) is 3.83. The number of carboxylic acids is 1. The first-order valence-corrected chi connectivity index (χ1v) is 7.19. The van der Waals surface area contributed by atoms with Crippen LogP contribution in [-0.4, -0.2) is 15.6 Å². The van der Waals surface area contributed by atoms with Crippen LogP contribution in [0.15, 0.2) is 72.8 Å². The number of hydrogen-bond acceptors (Lipinski definition) is 1. The van der Waals surface area contributed by atoms with Gasteiger partial charge >= 0.3 is 5.97 Å². The molecule has 1 aromatic heterocycles. The smallest absolute Gasteiger partial charge is 0.352 e. The van der Waals surface area contributed by atoms with Crippen molar-refractivity contribution < 1.29 is 9.90 Å². The summed E-state index contributed by atoms with van der Waals surface area (Å²) in [5.74, 6) is -0.912. The van der Waals surface area contributed by atoms with Gasteiger partial charge in [0.1, 0.15) is 5.69 Å². The van der Waals surface area contributed by atoms with Crippen molar-refractivity contribution in [1.29, 1.82) is 0 Å². The molecule has 0 fully saturated rings. The van der Waals surface area contributed by atoms with Gasteiger partial charge in [-0.3, -0.25) is 0 Å². The Morgan fingerprint density at radius 1 is 0.864 bits per heavy atom. The molecular formula is C19H17NO2. The Kier molecular flexibility index (Phi) is 3.79. The van der Waals surface area contributed by atoms with E-state index in [0.717, 1.165) is 16.8 Å². The van der Waals surface area contributed by atoms with E-state index >= 15 is 0 Å². The number of aryl methyl sites for hydroxylation is 1. The molecule has 1 N–H and O–H groups in total. The van der Waals surface area contributed by atoms with Crippen LogP contribution in [0.5, 0.6) is 0 Å². The van der Waals surface area contributed by atoms with Crippen LogP contribution in [0.25, 0.3) is 0 Å². The SMILES string of the molecule is Cc1ccc(C(=O)O)n1C(c1ccccc1)c1ccccc1. The van der Waals surface area contributed by atoms with Crippen molar-refractivity contribution in [2.75, 3.05) is 0 Å². The summed E-state index contributed by atoms with van der Waals surface area (Å²) in [5.41, 5.74) is 3.36. The van der Waals surface area contributed by atoms with E-state index in [4.69, 9.17) is 0 Å². The van der Waals surface area contributed by atoms with Gasteiger partial charge in [-0.15, -0.1) is 0 Å². The lowest BCUT2D eigenvalue weighted by Gasteiger charge is -2.23. The van der Waals surface area contributed by atoms with Gasteiger partial charge in [-0.1, -0.05) is 60.7 Å². The first kappa shape index (κ1) is 14.1. The lowest BCUT2D eigenvalue weighted by atomic mass is 9.98. The van der Waals surface area contributed by atoms with Crippen LogP contribution in [0.3, 0.4) is 0 Å². The Morgan fingerprint density at radius 2 is 1.36 bits per heavy atom. The van der Waals surface area contributed by atoms with E-state index in [1.165, 1.54) is 0 Å². The summed E-state index contributed by atoms with van der Waals surface area (Å²) in [5, 5.41) is 9.50. The molecule has 3 rings (SSSR count). The monoisotopic (exact) mass is 291 g/mol. The second-order valence-corrected chi connectivity index (χ2v) is 5.26. The van der Waals surface area contributed by atoms with Gasteiger partial charge in [-0.2, -0.15) is 0 Å². The summed E-state index contributed by atoms with van der Waals surface area (Å²) >= 11 is 0. The highest BCUT2D eigenvalue weighted by Crippen LogP contribution is 2.30. The van der Waals surface area contributed by atoms with Crippen molar-refractivity contribution in [2.45, 2.75) is 13.0 Å². The zero-order chi connectivity index (χ0) is 15.5. The molecule has 0 saturated heterocycles. The standard InChI is InChI=1S/C19H17NO2/c1-14-12-13-17(19(21)22)20(14)18(15-8-4-2-5-9-15)16-10-6-3-7-11-16/h2-13,18H,1H3,(H,21,22). The van der Waals surface area contributed by atoms with Crippen LogP contribution in [0.2, 0.25) is 0 Å². The van der Waals surface area contributed by atoms with E-state index in [-0.39, 0.29) is 6.04 Å². The minimum atomic E-state index is -0.912. The third-order valence-electron chi connectivity index (χ3n) is 3.83. The highest BCUT2D eigenvalue weighted by molar-refractivity contribution is 5.86. The molecule has 0 unspecified atom stereocenters. The molecule has 0 amide bonds. The molecule has 0 aliphatic heterocycles. The number of carbonyl (C=O) groups is 1. The molecule has 0 atom stereocenters. The van der Waals surface area contributed by atoms with Gasteiger partial charge in [0.15, 0.2) is 0 Å². The van der Waals surface area contributed by atoms with Crippen LogP contribution >= 0.6 is 0 Å². The van der Waals surface area contributed by atoms with Crippen LogP contribution in [0, 0.1) is 6.92 Å². The Morgan fingerprint density at radius 3 is 1.82 bits per heavy atom. The van der Waals surface area contributed by atoms with Crippen molar-refractivity contribution in [3.8, 4) is 0 Å². The second-order valence-electron chi connectivity index (χ2n) is 5.26. The average Bonchev–Trinajstić information content (AvgIpc) is 2.92. The molecule has 110 valence electrons. The fourth-order valence-corrected chi connectivity index (χ4v) is 2.83. The average molecular weight is 291 g/mol. The summed E-state index contributed by atoms with van der Waals surface area (Å²) in [7, 11) is 0. The molecule has 3 nitrogen and oxygen atoms in total. The number of aromatic carboxylic acids is 1. The fraction of sp³-hybridized carbons (Fsp3) is 0.105. The van der Waals surface area contributed by atoms with Crippen LogP contribution in [-0.2, 0) is 0 Å². The Labute approximate surface area is 129 Å². The topological polar surface area (TPSA) is 42.2 Å². The van der Waals surface area contributed by atoms with Gasteiger partial charge in [0, 0.05) is 5.69 Å². The third kappa shape index (κ3) is 2.53. The summed E-state index contributed by atoms with van der Waals surface area (Å²) < 4.78 is 1.88. The molecule has 2 aromatic carbocycles. The summed E-state index contributed by atoms with van der Waals surface area (Å²) in [6.45, 7) is 1.94. The van der Waals surface area contributed by atoms with Gasteiger partial charge in [0.25, 0.3) is 0 Å². The van der Waals surface area contributed by atoms with Gasteiger partial charge < -0.3 is 9.67 Å². The maximum atomic E-state index is 11.6. The fourth-order valence-electron chi connectivity index (χ4n) is 2.83. The van der Waals surface area contributed by atoms with Crippen molar-refractivity contribution in [3.63, 3.8) is 0 Å². The van der Waals surface area contributed by atoms with E-state index in [0.29, 0.717) is 5.69 Å². The minimum Gasteiger partial charge on any atom is -0.477 e. The summed E-state index contributed by atoms with van der Waals surface area (Å²) in [4.78, 5) is 11.6. The van der Waals surface area contributed by atoms with Gasteiger partial charge in [0.05, 0.1) is 6.04 Å². The number of benzene rings is 2. The summed E-state index contributed by atoms with van der Waals surface area (Å²) in [6, 6.07) is 23.3. The molecule has 0 saturated carbocycles. The van der Waals surface area contributed by atoms with Gasteiger partial charge in [-0.05, 0) is 30.2 Å². The lowest BCUT2D eigenvalue weighted by molar-refractivity contribution is 0.0684. The van der Waals surface area contributed by atoms with Crippen LogP contribution in [0.1, 0.15) is 33.4 Å². The quantitative estimate of drug-likeness (QED) is 0.785. The van der Waals surface area contributed by atoms with Crippen LogP contribution in [0.4, 0.5) is 0 Å². The van der Waals surface area contributed by atoms with Crippen molar-refractivity contribution in [1.82, 2.24) is 4.57 Å². The highest BCUT2D eigenvalue weighted by atomic mass is 16.4. The van der Waals surface area contributed by atoms with Gasteiger partial charge in [0.2, 0.25) is 0 Å². The van der Waals surface area contributed by atoms with Crippen LogP contribution < -0.4 is 0 Å². The van der Waals surface area contributed by atoms with E-state index in [1.807, 2.05) is 78.2 Å². The number of carboxylic acid groups (broad SMARTS) is 1. The zero-order valence-electron chi connectivity index (χ0n) is 12.3. The predicted molar refractivity (Wildman–Crippen MR) is 86.3 cm³/mol. The first-order valence-electron chi connectivity index (χ1n) is 7.19. The molecular weight excluding hydrogens is 274 g/mol. The molecule has 1 heterocycles. The minimum absolute atomic E-state index is 0.150. The Hall–Kier alpha value is -2.81. The van der Waals surface area contributed by atoms with E-state index < -0.39 is 5.97 Å². The van der Waals surface area contributed by atoms with Crippen molar-refractivity contribution >= 4 is 5.97 Å². The molecule has 0 spiro atoms. The molecule has 0 radical (unpaired) electrons.